The van der Waals surface area contributed by atoms with Gasteiger partial charge in [0.15, 0.2) is 5.78 Å². The van der Waals surface area contributed by atoms with Crippen LogP contribution in [0.3, 0.4) is 0 Å². The largest absolute Gasteiger partial charge is 0.444 e. The topological polar surface area (TPSA) is 101 Å². The molecule has 0 bridgehead atoms. The number of carbonyl (C=O) groups is 3. The van der Waals surface area contributed by atoms with Gasteiger partial charge < -0.3 is 15.0 Å². The van der Waals surface area contributed by atoms with Crippen molar-refractivity contribution in [2.24, 2.45) is 0 Å². The molecule has 1 aromatic heterocycles. The van der Waals surface area contributed by atoms with Gasteiger partial charge in [0.05, 0.1) is 29.0 Å². The number of ether oxygens (including phenoxy) is 1. The minimum atomic E-state index is -4.76. The van der Waals surface area contributed by atoms with Crippen LogP contribution in [0.4, 0.5) is 35.0 Å². The maximum absolute atomic E-state index is 13.9. The molecule has 0 radical (unpaired) electrons. The standard InChI is InChI=1S/C29H31F3N4O4/c1-17-20(11-8-12-33-17)18-9-7-10-19(13-18)25(37)16-26(38)34-22-14-21(29(30,31)32)24(36(5)6)15-23(22)35-27(39)40-28(2,3)4/h7-15H,16H2,1-6H3,(H,34,38)(H,35,39). The van der Waals surface area contributed by atoms with E-state index in [4.69, 9.17) is 4.74 Å². The molecule has 0 saturated heterocycles. The predicted molar refractivity (Wildman–Crippen MR) is 148 cm³/mol. The SMILES string of the molecule is Cc1ncccc1-c1cccc(C(=O)CC(=O)Nc2cc(C(F)(F)F)c(N(C)C)cc2NC(=O)OC(C)(C)C)c1. The first kappa shape index (κ1) is 30.1. The molecule has 0 atom stereocenters. The molecule has 3 aromatic rings. The second kappa shape index (κ2) is 11.8. The zero-order chi connectivity index (χ0) is 29.8. The Balaban J connectivity index is 1.90. The van der Waals surface area contributed by atoms with E-state index in [1.807, 2.05) is 13.0 Å². The van der Waals surface area contributed by atoms with Gasteiger partial charge in [-0.25, -0.2) is 4.79 Å². The van der Waals surface area contributed by atoms with E-state index in [0.717, 1.165) is 29.0 Å². The molecule has 2 amide bonds. The number of anilines is 3. The van der Waals surface area contributed by atoms with E-state index in [9.17, 15) is 27.6 Å². The molecule has 1 heterocycles. The van der Waals surface area contributed by atoms with Gasteiger partial charge in [0, 0.05) is 37.1 Å². The highest BCUT2D eigenvalue weighted by molar-refractivity contribution is 6.12. The molecule has 40 heavy (non-hydrogen) atoms. The maximum atomic E-state index is 13.9. The average Bonchev–Trinajstić information content (AvgIpc) is 2.83. The summed E-state index contributed by atoms with van der Waals surface area (Å²) in [5, 5.41) is 4.76. The van der Waals surface area contributed by atoms with E-state index >= 15 is 0 Å². The van der Waals surface area contributed by atoms with Crippen molar-refractivity contribution in [3.8, 4) is 11.1 Å². The van der Waals surface area contributed by atoms with Crippen molar-refractivity contribution in [2.75, 3.05) is 29.6 Å². The van der Waals surface area contributed by atoms with Crippen molar-refractivity contribution < 1.29 is 32.3 Å². The molecule has 0 aliphatic rings. The Morgan fingerprint density at radius 2 is 1.62 bits per heavy atom. The lowest BCUT2D eigenvalue weighted by molar-refractivity contribution is -0.137. The van der Waals surface area contributed by atoms with Crippen LogP contribution in [0.1, 0.15) is 48.8 Å². The number of benzene rings is 2. The van der Waals surface area contributed by atoms with Gasteiger partial charge in [-0.1, -0.05) is 24.3 Å². The number of Topliss-reactive ketones (excluding diaryl/α,β-unsaturated/α-hetero) is 1. The lowest BCUT2D eigenvalue weighted by Gasteiger charge is -2.24. The zero-order valence-electron chi connectivity index (χ0n) is 23.1. The summed E-state index contributed by atoms with van der Waals surface area (Å²) in [6.45, 7) is 6.72. The van der Waals surface area contributed by atoms with E-state index in [0.29, 0.717) is 0 Å². The minimum Gasteiger partial charge on any atom is -0.444 e. The lowest BCUT2D eigenvalue weighted by atomic mass is 9.99. The highest BCUT2D eigenvalue weighted by Crippen LogP contribution is 2.41. The molecule has 0 saturated carbocycles. The Hall–Kier alpha value is -4.41. The number of rotatable bonds is 7. The highest BCUT2D eigenvalue weighted by Gasteiger charge is 2.36. The summed E-state index contributed by atoms with van der Waals surface area (Å²) in [5.41, 5.74) is -0.0435. The molecule has 0 fully saturated rings. The van der Waals surface area contributed by atoms with Crippen LogP contribution < -0.4 is 15.5 Å². The normalized spacial score (nSPS) is 11.5. The van der Waals surface area contributed by atoms with E-state index in [2.05, 4.69) is 15.6 Å². The van der Waals surface area contributed by atoms with E-state index in [1.54, 1.807) is 57.3 Å². The van der Waals surface area contributed by atoms with Crippen molar-refractivity contribution in [3.63, 3.8) is 0 Å². The molecule has 8 nitrogen and oxygen atoms in total. The highest BCUT2D eigenvalue weighted by atomic mass is 19.4. The summed E-state index contributed by atoms with van der Waals surface area (Å²) in [4.78, 5) is 43.7. The monoisotopic (exact) mass is 556 g/mol. The summed E-state index contributed by atoms with van der Waals surface area (Å²) in [7, 11) is 2.83. The number of carbonyl (C=O) groups excluding carboxylic acids is 3. The molecule has 0 aliphatic carbocycles. The van der Waals surface area contributed by atoms with Crippen LogP contribution in [0.15, 0.2) is 54.7 Å². The number of pyridine rings is 1. The summed E-state index contributed by atoms with van der Waals surface area (Å²) in [5.74, 6) is -1.39. The van der Waals surface area contributed by atoms with Crippen molar-refractivity contribution in [2.45, 2.75) is 45.9 Å². The van der Waals surface area contributed by atoms with Gasteiger partial charge in [-0.3, -0.25) is 19.9 Å². The molecule has 0 spiro atoms. The number of alkyl halides is 3. The number of nitrogens with one attached hydrogen (secondary N) is 2. The summed E-state index contributed by atoms with van der Waals surface area (Å²) < 4.78 is 46.8. The molecule has 212 valence electrons. The Labute approximate surface area is 230 Å². The smallest absolute Gasteiger partial charge is 0.418 e. The summed E-state index contributed by atoms with van der Waals surface area (Å²) in [6, 6.07) is 12.1. The summed E-state index contributed by atoms with van der Waals surface area (Å²) in [6.07, 6.45) is -4.67. The number of hydrogen-bond donors (Lipinski definition) is 2. The fourth-order valence-corrected chi connectivity index (χ4v) is 3.90. The number of halogens is 3. The van der Waals surface area contributed by atoms with Gasteiger partial charge in [0.2, 0.25) is 5.91 Å². The van der Waals surface area contributed by atoms with Gasteiger partial charge >= 0.3 is 12.3 Å². The lowest BCUT2D eigenvalue weighted by Crippen LogP contribution is -2.28. The Bertz CT molecular complexity index is 1430. The van der Waals surface area contributed by atoms with Gasteiger partial charge in [-0.2, -0.15) is 13.2 Å². The second-order valence-corrected chi connectivity index (χ2v) is 10.3. The molecule has 3 rings (SSSR count). The van der Waals surface area contributed by atoms with E-state index < -0.39 is 41.5 Å². The number of aromatic nitrogens is 1. The number of ketones is 1. The Morgan fingerprint density at radius 3 is 2.23 bits per heavy atom. The van der Waals surface area contributed by atoms with Crippen LogP contribution >= 0.6 is 0 Å². The van der Waals surface area contributed by atoms with Crippen LogP contribution in [-0.4, -0.2) is 42.5 Å². The van der Waals surface area contributed by atoms with Crippen molar-refractivity contribution in [1.29, 1.82) is 0 Å². The molecular weight excluding hydrogens is 525 g/mol. The number of hydrogen-bond acceptors (Lipinski definition) is 6. The first-order valence-electron chi connectivity index (χ1n) is 12.3. The third-order valence-electron chi connectivity index (χ3n) is 5.66. The van der Waals surface area contributed by atoms with Crippen LogP contribution in [0.25, 0.3) is 11.1 Å². The molecule has 0 aliphatic heterocycles. The third-order valence-corrected chi connectivity index (χ3v) is 5.66. The van der Waals surface area contributed by atoms with Crippen molar-refractivity contribution in [3.05, 3.63) is 71.5 Å². The van der Waals surface area contributed by atoms with Crippen molar-refractivity contribution in [1.82, 2.24) is 4.98 Å². The fraction of sp³-hybridized carbons (Fsp3) is 0.310. The molecule has 2 N–H and O–H groups in total. The Morgan fingerprint density at radius 1 is 0.950 bits per heavy atom. The van der Waals surface area contributed by atoms with Gasteiger partial charge in [-0.15, -0.1) is 0 Å². The quantitative estimate of drug-likeness (QED) is 0.248. The summed E-state index contributed by atoms with van der Waals surface area (Å²) >= 11 is 0. The fourth-order valence-electron chi connectivity index (χ4n) is 3.90. The molecular formula is C29H31F3N4O4. The molecule has 11 heteroatoms. The Kier molecular flexibility index (Phi) is 8.87. The minimum absolute atomic E-state index is 0.124. The van der Waals surface area contributed by atoms with Crippen LogP contribution in [0.2, 0.25) is 0 Å². The first-order chi connectivity index (χ1) is 18.5. The average molecular weight is 557 g/mol. The first-order valence-corrected chi connectivity index (χ1v) is 12.3. The molecule has 2 aromatic carbocycles. The predicted octanol–water partition coefficient (Wildman–Crippen LogP) is 6.70. The van der Waals surface area contributed by atoms with Crippen LogP contribution in [0, 0.1) is 6.92 Å². The van der Waals surface area contributed by atoms with Crippen LogP contribution in [0.5, 0.6) is 0 Å². The van der Waals surface area contributed by atoms with Gasteiger partial charge in [0.25, 0.3) is 0 Å². The van der Waals surface area contributed by atoms with E-state index in [-0.39, 0.29) is 22.6 Å². The molecule has 0 unspecified atom stereocenters. The second-order valence-electron chi connectivity index (χ2n) is 10.3. The third kappa shape index (κ3) is 7.81. The van der Waals surface area contributed by atoms with Crippen LogP contribution in [-0.2, 0) is 15.7 Å². The zero-order valence-corrected chi connectivity index (χ0v) is 23.1. The maximum Gasteiger partial charge on any atom is 0.418 e. The van der Waals surface area contributed by atoms with Gasteiger partial charge in [-0.05, 0) is 57.5 Å². The number of nitrogens with zero attached hydrogens (tertiary/aromatic N) is 2. The van der Waals surface area contributed by atoms with Crippen molar-refractivity contribution >= 4 is 34.8 Å². The number of amides is 2. The van der Waals surface area contributed by atoms with Gasteiger partial charge in [0.1, 0.15) is 5.60 Å². The number of aryl methyl sites for hydroxylation is 1. The van der Waals surface area contributed by atoms with E-state index in [1.165, 1.54) is 19.0 Å².